The number of nitrogens with zero attached hydrogens (tertiary/aromatic N) is 3. The molecule has 4 unspecified atom stereocenters. The van der Waals surface area contributed by atoms with Crippen LogP contribution in [0.4, 0.5) is 4.79 Å². The van der Waals surface area contributed by atoms with E-state index >= 15 is 0 Å². The van der Waals surface area contributed by atoms with Crippen LogP contribution in [-0.2, 0) is 0 Å². The minimum atomic E-state index is -0.0855. The van der Waals surface area contributed by atoms with Crippen molar-refractivity contribution in [3.8, 4) is 22.8 Å². The van der Waals surface area contributed by atoms with Crippen LogP contribution in [0.5, 0.6) is 11.5 Å². The van der Waals surface area contributed by atoms with Crippen molar-refractivity contribution in [3.05, 3.63) is 35.8 Å². The SMILES string of the molecule is CCNC(=O)NCC1CC2CCN1CC2c1cc(-c2ccc(OC)c(OC)c2)nc(C)n1. The number of methoxy groups -OCH3 is 2. The van der Waals surface area contributed by atoms with Crippen LogP contribution in [0, 0.1) is 12.8 Å². The van der Waals surface area contributed by atoms with Gasteiger partial charge in [0.15, 0.2) is 11.5 Å². The van der Waals surface area contributed by atoms with Gasteiger partial charge in [-0.3, -0.25) is 4.90 Å². The molecule has 3 saturated heterocycles. The average Bonchev–Trinajstić information content (AvgIpc) is 2.82. The molecule has 3 fully saturated rings. The molecule has 0 saturated carbocycles. The third kappa shape index (κ3) is 4.65. The van der Waals surface area contributed by atoms with Crippen LogP contribution in [0.2, 0.25) is 0 Å². The van der Waals surface area contributed by atoms with Crippen LogP contribution in [0.3, 0.4) is 0 Å². The molecule has 2 N–H and O–H groups in total. The van der Waals surface area contributed by atoms with Crippen molar-refractivity contribution in [2.75, 3.05) is 40.4 Å². The quantitative estimate of drug-likeness (QED) is 0.690. The summed E-state index contributed by atoms with van der Waals surface area (Å²) >= 11 is 0. The van der Waals surface area contributed by atoms with Gasteiger partial charge in [-0.1, -0.05) is 0 Å². The summed E-state index contributed by atoms with van der Waals surface area (Å²) in [5.41, 5.74) is 2.99. The van der Waals surface area contributed by atoms with Crippen LogP contribution in [0.15, 0.2) is 24.3 Å². The highest BCUT2D eigenvalue weighted by Gasteiger charge is 2.41. The number of piperidine rings is 3. The highest BCUT2D eigenvalue weighted by molar-refractivity contribution is 5.73. The van der Waals surface area contributed by atoms with E-state index in [1.54, 1.807) is 14.2 Å². The molecule has 2 amide bonds. The summed E-state index contributed by atoms with van der Waals surface area (Å²) in [7, 11) is 3.28. The number of amides is 2. The summed E-state index contributed by atoms with van der Waals surface area (Å²) in [4.78, 5) is 23.8. The first-order chi connectivity index (χ1) is 15.5. The molecule has 3 aliphatic heterocycles. The average molecular weight is 440 g/mol. The zero-order chi connectivity index (χ0) is 22.7. The molecule has 0 spiro atoms. The van der Waals surface area contributed by atoms with Gasteiger partial charge >= 0.3 is 6.03 Å². The van der Waals surface area contributed by atoms with Crippen LogP contribution in [0.1, 0.15) is 37.2 Å². The van der Waals surface area contributed by atoms with E-state index in [4.69, 9.17) is 19.4 Å². The first kappa shape index (κ1) is 22.3. The standard InChI is InChI=1S/C24H33N5O3/c1-5-25-24(30)26-13-18-10-16-8-9-29(18)14-19(16)21-12-20(27-15(2)28-21)17-6-7-22(31-3)23(11-17)32-4/h6-7,11-12,16,18-19H,5,8-10,13-14H2,1-4H3,(H2,25,26,30). The number of benzene rings is 1. The largest absolute Gasteiger partial charge is 0.493 e. The van der Waals surface area contributed by atoms with Gasteiger partial charge < -0.3 is 20.1 Å². The van der Waals surface area contributed by atoms with E-state index in [2.05, 4.69) is 21.6 Å². The predicted molar refractivity (Wildman–Crippen MR) is 123 cm³/mol. The molecule has 8 nitrogen and oxygen atoms in total. The summed E-state index contributed by atoms with van der Waals surface area (Å²) < 4.78 is 10.8. The lowest BCUT2D eigenvalue weighted by Crippen LogP contribution is -2.56. The number of nitrogens with one attached hydrogen (secondary N) is 2. The lowest BCUT2D eigenvalue weighted by Gasteiger charge is -2.49. The number of hydrogen-bond donors (Lipinski definition) is 2. The van der Waals surface area contributed by atoms with Crippen LogP contribution < -0.4 is 20.1 Å². The van der Waals surface area contributed by atoms with Crippen LogP contribution in [-0.4, -0.2) is 67.3 Å². The second-order valence-electron chi connectivity index (χ2n) is 8.58. The smallest absolute Gasteiger partial charge is 0.314 e. The molecular weight excluding hydrogens is 406 g/mol. The normalized spacial score (nSPS) is 24.1. The number of fused-ring (bicyclic) bond motifs is 3. The molecule has 0 aliphatic carbocycles. The number of urea groups is 1. The lowest BCUT2D eigenvalue weighted by molar-refractivity contribution is 0.0305. The number of carbonyl (C=O) groups is 1. The summed E-state index contributed by atoms with van der Waals surface area (Å²) in [6, 6.07) is 8.31. The Labute approximate surface area is 189 Å². The molecule has 0 radical (unpaired) electrons. The fraction of sp³-hybridized carbons (Fsp3) is 0.542. The Morgan fingerprint density at radius 1 is 1.16 bits per heavy atom. The molecule has 1 aromatic carbocycles. The van der Waals surface area contributed by atoms with E-state index in [9.17, 15) is 4.79 Å². The maximum Gasteiger partial charge on any atom is 0.314 e. The third-order valence-electron chi connectivity index (χ3n) is 6.63. The minimum Gasteiger partial charge on any atom is -0.493 e. The Balaban J connectivity index is 1.52. The van der Waals surface area contributed by atoms with Crippen molar-refractivity contribution in [1.82, 2.24) is 25.5 Å². The van der Waals surface area contributed by atoms with Gasteiger partial charge in [0.05, 0.1) is 19.9 Å². The molecule has 2 bridgehead atoms. The maximum absolute atomic E-state index is 11.8. The topological polar surface area (TPSA) is 88.6 Å². The zero-order valence-corrected chi connectivity index (χ0v) is 19.4. The number of carbonyl (C=O) groups excluding carboxylic acids is 1. The number of rotatable bonds is 7. The van der Waals surface area contributed by atoms with Gasteiger partial charge in [0.1, 0.15) is 5.82 Å². The Kier molecular flexibility index (Phi) is 6.79. The predicted octanol–water partition coefficient (Wildman–Crippen LogP) is 2.97. The fourth-order valence-corrected chi connectivity index (χ4v) is 5.04. The monoisotopic (exact) mass is 439 g/mol. The van der Waals surface area contributed by atoms with E-state index in [0.717, 1.165) is 48.7 Å². The Hall–Kier alpha value is -2.87. The molecule has 4 heterocycles. The molecular formula is C24H33N5O3. The van der Waals surface area contributed by atoms with Gasteiger partial charge in [0.2, 0.25) is 0 Å². The molecule has 4 atom stereocenters. The van der Waals surface area contributed by atoms with Gasteiger partial charge in [0, 0.05) is 42.9 Å². The van der Waals surface area contributed by atoms with Crippen LogP contribution >= 0.6 is 0 Å². The number of hydrogen-bond acceptors (Lipinski definition) is 6. The summed E-state index contributed by atoms with van der Waals surface area (Å²) in [6.07, 6.45) is 2.24. The second-order valence-corrected chi connectivity index (χ2v) is 8.58. The first-order valence-corrected chi connectivity index (χ1v) is 11.4. The number of aryl methyl sites for hydroxylation is 1. The van der Waals surface area contributed by atoms with Crippen molar-refractivity contribution < 1.29 is 14.3 Å². The zero-order valence-electron chi connectivity index (χ0n) is 19.4. The number of aromatic nitrogens is 2. The minimum absolute atomic E-state index is 0.0855. The Morgan fingerprint density at radius 3 is 2.66 bits per heavy atom. The van der Waals surface area contributed by atoms with Crippen molar-refractivity contribution in [1.29, 1.82) is 0 Å². The van der Waals surface area contributed by atoms with Gasteiger partial charge in [-0.25, -0.2) is 14.8 Å². The third-order valence-corrected chi connectivity index (χ3v) is 6.63. The van der Waals surface area contributed by atoms with Crippen molar-refractivity contribution in [2.45, 2.75) is 38.6 Å². The molecule has 172 valence electrons. The fourth-order valence-electron chi connectivity index (χ4n) is 5.04. The molecule has 32 heavy (non-hydrogen) atoms. The maximum atomic E-state index is 11.8. The van der Waals surface area contributed by atoms with Gasteiger partial charge in [-0.2, -0.15) is 0 Å². The summed E-state index contributed by atoms with van der Waals surface area (Å²) in [6.45, 7) is 7.25. The lowest BCUT2D eigenvalue weighted by atomic mass is 9.74. The van der Waals surface area contributed by atoms with Crippen molar-refractivity contribution in [2.24, 2.45) is 5.92 Å². The molecule has 5 rings (SSSR count). The Morgan fingerprint density at radius 2 is 1.97 bits per heavy atom. The van der Waals surface area contributed by atoms with Gasteiger partial charge in [-0.15, -0.1) is 0 Å². The van der Waals surface area contributed by atoms with E-state index in [1.807, 2.05) is 32.0 Å². The van der Waals surface area contributed by atoms with Gasteiger partial charge in [-0.05, 0) is 63.4 Å². The van der Waals surface area contributed by atoms with Crippen LogP contribution in [0.25, 0.3) is 11.3 Å². The van der Waals surface area contributed by atoms with Gasteiger partial charge in [0.25, 0.3) is 0 Å². The van der Waals surface area contributed by atoms with E-state index in [-0.39, 0.29) is 6.03 Å². The van der Waals surface area contributed by atoms with Crippen molar-refractivity contribution >= 4 is 6.03 Å². The molecule has 2 aromatic rings. The summed E-state index contributed by atoms with van der Waals surface area (Å²) in [5.74, 6) is 3.11. The first-order valence-electron chi connectivity index (χ1n) is 11.4. The van der Waals surface area contributed by atoms with E-state index in [0.29, 0.717) is 42.5 Å². The number of ether oxygens (including phenoxy) is 2. The summed E-state index contributed by atoms with van der Waals surface area (Å²) in [5, 5.41) is 5.82. The molecule has 1 aromatic heterocycles. The van der Waals surface area contributed by atoms with E-state index in [1.165, 1.54) is 0 Å². The highest BCUT2D eigenvalue weighted by atomic mass is 16.5. The molecule has 3 aliphatic rings. The van der Waals surface area contributed by atoms with Crippen molar-refractivity contribution in [3.63, 3.8) is 0 Å². The molecule has 8 heteroatoms. The second kappa shape index (κ2) is 9.73. The van der Waals surface area contributed by atoms with E-state index < -0.39 is 0 Å². The Bertz CT molecular complexity index is 967. The highest BCUT2D eigenvalue weighted by Crippen LogP contribution is 2.42.